The number of hydrogen-bond acceptors (Lipinski definition) is 3. The lowest BCUT2D eigenvalue weighted by molar-refractivity contribution is -0.892. The third-order valence-corrected chi connectivity index (χ3v) is 4.73. The lowest BCUT2D eigenvalue weighted by Gasteiger charge is -2.28. The highest BCUT2D eigenvalue weighted by molar-refractivity contribution is 6.32. The zero-order valence-corrected chi connectivity index (χ0v) is 15.2. The first-order valence-corrected chi connectivity index (χ1v) is 8.87. The smallest absolute Gasteiger partial charge is 0.419 e. The second-order valence-corrected chi connectivity index (χ2v) is 6.76. The Balaban J connectivity index is 1.49. The van der Waals surface area contributed by atoms with Gasteiger partial charge in [-0.1, -0.05) is 11.6 Å². The predicted molar refractivity (Wildman–Crippen MR) is 91.3 cm³/mol. The van der Waals surface area contributed by atoms with E-state index >= 15 is 0 Å². The Morgan fingerprint density at radius 3 is 2.70 bits per heavy atom. The lowest BCUT2D eigenvalue weighted by Crippen LogP contribution is -3.16. The van der Waals surface area contributed by atoms with Crippen LogP contribution in [0.5, 0.6) is 0 Å². The summed E-state index contributed by atoms with van der Waals surface area (Å²) in [5.74, 6) is 1.08. The summed E-state index contributed by atoms with van der Waals surface area (Å²) in [7, 11) is 0. The van der Waals surface area contributed by atoms with Gasteiger partial charge < -0.3 is 14.6 Å². The molecule has 1 fully saturated rings. The van der Waals surface area contributed by atoms with E-state index < -0.39 is 11.7 Å². The first kappa shape index (κ1) is 19.5. The monoisotopic (exact) mass is 404 g/mol. The molecule has 1 aliphatic heterocycles. The summed E-state index contributed by atoms with van der Waals surface area (Å²) in [4.78, 5) is 17.7. The number of nitrogens with zero attached hydrogens (tertiary/aromatic N) is 1. The number of nitrogens with one attached hydrogen (secondary N) is 3. The average molecular weight is 405 g/mol. The van der Waals surface area contributed by atoms with Crippen molar-refractivity contribution >= 4 is 23.3 Å². The Hall–Kier alpha value is -2.26. The molecule has 0 unspecified atom stereocenters. The number of pyridine rings is 1. The summed E-state index contributed by atoms with van der Waals surface area (Å²) in [6, 6.07) is 4.47. The Kier molecular flexibility index (Phi) is 5.91. The Bertz CT molecular complexity index is 775. The standard InChI is InChI=1S/C17H18ClF3N4O2/c18-14-8-12(17(19,20)21)9-23-16(14)25-5-3-24(4-6-25)11-15(26)22-10-13-2-1-7-27-13/h1-2,7-9H,3-6,10-11H2,(H,22,26)/p+2. The summed E-state index contributed by atoms with van der Waals surface area (Å²) >= 11 is 6.03. The van der Waals surface area contributed by atoms with E-state index in [0.29, 0.717) is 50.8 Å². The molecule has 10 heteroatoms. The van der Waals surface area contributed by atoms with Crippen LogP contribution in [-0.4, -0.2) is 38.6 Å². The molecule has 0 spiro atoms. The number of halogens is 4. The fraction of sp³-hybridized carbons (Fsp3) is 0.412. The minimum Gasteiger partial charge on any atom is -0.467 e. The van der Waals surface area contributed by atoms with E-state index in [1.54, 1.807) is 18.4 Å². The van der Waals surface area contributed by atoms with Gasteiger partial charge in [-0.15, -0.1) is 0 Å². The molecule has 0 aromatic carbocycles. The fourth-order valence-electron chi connectivity index (χ4n) is 2.98. The van der Waals surface area contributed by atoms with E-state index in [-0.39, 0.29) is 10.9 Å². The van der Waals surface area contributed by atoms with E-state index in [2.05, 4.69) is 10.3 Å². The van der Waals surface area contributed by atoms with Gasteiger partial charge in [0, 0.05) is 0 Å². The highest BCUT2D eigenvalue weighted by atomic mass is 35.5. The van der Waals surface area contributed by atoms with Gasteiger partial charge in [0.25, 0.3) is 11.7 Å². The van der Waals surface area contributed by atoms with Gasteiger partial charge in [0.1, 0.15) is 43.2 Å². The van der Waals surface area contributed by atoms with Crippen LogP contribution < -0.4 is 20.1 Å². The molecule has 6 nitrogen and oxygen atoms in total. The van der Waals surface area contributed by atoms with Gasteiger partial charge in [-0.25, -0.2) is 9.88 Å². The van der Waals surface area contributed by atoms with Crippen molar-refractivity contribution in [1.82, 2.24) is 5.32 Å². The van der Waals surface area contributed by atoms with Gasteiger partial charge in [-0.05, 0) is 18.2 Å². The van der Waals surface area contributed by atoms with Crippen LogP contribution in [0, 0.1) is 0 Å². The number of amides is 1. The van der Waals surface area contributed by atoms with Gasteiger partial charge >= 0.3 is 6.18 Å². The van der Waals surface area contributed by atoms with E-state index in [4.69, 9.17) is 16.0 Å². The maximum Gasteiger partial charge on any atom is 0.419 e. The van der Waals surface area contributed by atoms with E-state index in [1.165, 1.54) is 0 Å². The van der Waals surface area contributed by atoms with Gasteiger partial charge in [-0.3, -0.25) is 4.79 Å². The van der Waals surface area contributed by atoms with Gasteiger partial charge in [0.15, 0.2) is 6.54 Å². The number of aromatic nitrogens is 1. The van der Waals surface area contributed by atoms with Crippen molar-refractivity contribution in [2.45, 2.75) is 12.7 Å². The summed E-state index contributed by atoms with van der Waals surface area (Å²) in [6.45, 7) is 3.21. The third kappa shape index (κ3) is 5.14. The van der Waals surface area contributed by atoms with Crippen LogP contribution in [0.25, 0.3) is 0 Å². The molecule has 3 heterocycles. The number of carbonyl (C=O) groups excluding carboxylic acids is 1. The third-order valence-electron chi connectivity index (χ3n) is 4.44. The number of furan rings is 1. The van der Waals surface area contributed by atoms with Gasteiger partial charge in [0.2, 0.25) is 0 Å². The van der Waals surface area contributed by atoms with Crippen LogP contribution in [0.1, 0.15) is 11.3 Å². The first-order chi connectivity index (χ1) is 12.8. The van der Waals surface area contributed by atoms with Gasteiger partial charge in [-0.2, -0.15) is 13.2 Å². The number of H-pyrrole nitrogens is 1. The van der Waals surface area contributed by atoms with E-state index in [9.17, 15) is 18.0 Å². The lowest BCUT2D eigenvalue weighted by atomic mass is 10.2. The van der Waals surface area contributed by atoms with Crippen LogP contribution in [0.4, 0.5) is 19.0 Å². The summed E-state index contributed by atoms with van der Waals surface area (Å²) in [6.07, 6.45) is -1.97. The molecule has 0 bridgehead atoms. The SMILES string of the molecule is O=C(C[NH+]1CCN(c2[nH+]cc(C(F)(F)F)cc2Cl)CC1)NCc1ccco1. The normalized spacial score (nSPS) is 15.8. The summed E-state index contributed by atoms with van der Waals surface area (Å²) in [5.41, 5.74) is -0.811. The number of anilines is 1. The van der Waals surface area contributed by atoms with Crippen LogP contribution >= 0.6 is 11.6 Å². The molecule has 2 aromatic rings. The summed E-state index contributed by atoms with van der Waals surface area (Å²) in [5, 5.41) is 2.84. The molecular weight excluding hydrogens is 385 g/mol. The molecule has 27 heavy (non-hydrogen) atoms. The van der Waals surface area contributed by atoms with Crippen molar-refractivity contribution in [2.75, 3.05) is 37.6 Å². The second-order valence-electron chi connectivity index (χ2n) is 6.35. The van der Waals surface area contributed by atoms with E-state index in [0.717, 1.165) is 17.2 Å². The molecule has 0 aliphatic carbocycles. The molecule has 0 atom stereocenters. The molecule has 0 radical (unpaired) electrons. The number of rotatable bonds is 5. The molecule has 3 rings (SSSR count). The molecule has 1 saturated heterocycles. The minimum atomic E-state index is -4.44. The Morgan fingerprint density at radius 2 is 2.11 bits per heavy atom. The highest BCUT2D eigenvalue weighted by Crippen LogP contribution is 2.31. The van der Waals surface area contributed by atoms with Crippen molar-refractivity contribution in [3.8, 4) is 0 Å². The minimum absolute atomic E-state index is 0.0319. The summed E-state index contributed by atoms with van der Waals surface area (Å²) < 4.78 is 43.3. The average Bonchev–Trinajstić information content (AvgIpc) is 3.13. The largest absolute Gasteiger partial charge is 0.467 e. The molecule has 146 valence electrons. The van der Waals surface area contributed by atoms with Crippen LogP contribution in [-0.2, 0) is 17.5 Å². The Labute approximate surface area is 158 Å². The molecule has 1 amide bonds. The number of carbonyl (C=O) groups is 1. The van der Waals surface area contributed by atoms with Crippen molar-refractivity contribution < 1.29 is 32.3 Å². The highest BCUT2D eigenvalue weighted by Gasteiger charge is 2.35. The number of alkyl halides is 3. The maximum absolute atomic E-state index is 12.7. The van der Waals surface area contributed by atoms with Crippen LogP contribution in [0.15, 0.2) is 35.1 Å². The van der Waals surface area contributed by atoms with Crippen LogP contribution in [0.2, 0.25) is 5.02 Å². The van der Waals surface area contributed by atoms with Crippen molar-refractivity contribution in [1.29, 1.82) is 0 Å². The molecule has 0 saturated carbocycles. The quantitative estimate of drug-likeness (QED) is 0.774. The molecular formula is C17H20ClF3N4O2+2. The zero-order valence-electron chi connectivity index (χ0n) is 14.4. The number of aromatic amines is 1. The second kappa shape index (κ2) is 8.18. The van der Waals surface area contributed by atoms with Crippen LogP contribution in [0.3, 0.4) is 0 Å². The van der Waals surface area contributed by atoms with Gasteiger partial charge in [0.05, 0.1) is 18.4 Å². The predicted octanol–water partition coefficient (Wildman–Crippen LogP) is 0.787. The van der Waals surface area contributed by atoms with Crippen molar-refractivity contribution in [3.63, 3.8) is 0 Å². The first-order valence-electron chi connectivity index (χ1n) is 8.49. The number of piperazine rings is 1. The maximum atomic E-state index is 12.7. The molecule has 1 aliphatic rings. The number of hydrogen-bond donors (Lipinski definition) is 2. The zero-order chi connectivity index (χ0) is 19.4. The van der Waals surface area contributed by atoms with Crippen molar-refractivity contribution in [2.24, 2.45) is 0 Å². The molecule has 3 N–H and O–H groups in total. The fourth-order valence-corrected chi connectivity index (χ4v) is 3.27. The number of quaternary nitrogens is 1. The Morgan fingerprint density at radius 1 is 1.37 bits per heavy atom. The van der Waals surface area contributed by atoms with Crippen molar-refractivity contribution in [3.05, 3.63) is 47.0 Å². The topological polar surface area (TPSA) is 64.1 Å². The molecule has 2 aromatic heterocycles. The van der Waals surface area contributed by atoms with E-state index in [1.807, 2.05) is 4.90 Å².